The first-order valence-corrected chi connectivity index (χ1v) is 5.77. The Labute approximate surface area is 108 Å². The molecule has 0 aliphatic carbocycles. The van der Waals surface area contributed by atoms with Crippen molar-refractivity contribution in [1.29, 1.82) is 0 Å². The van der Waals surface area contributed by atoms with Gasteiger partial charge in [-0.05, 0) is 31.9 Å². The maximum Gasteiger partial charge on any atom is 0.339 e. The minimum atomic E-state index is -0.245. The second-order valence-electron chi connectivity index (χ2n) is 4.14. The highest BCUT2D eigenvalue weighted by Crippen LogP contribution is 2.23. The van der Waals surface area contributed by atoms with Crippen molar-refractivity contribution in [3.05, 3.63) is 23.0 Å². The Morgan fingerprint density at radius 2 is 2.29 bits per heavy atom. The van der Waals surface area contributed by atoms with Crippen molar-refractivity contribution in [2.75, 3.05) is 13.7 Å². The van der Waals surface area contributed by atoms with Crippen LogP contribution in [0, 0.1) is 0 Å². The summed E-state index contributed by atoms with van der Waals surface area (Å²) in [6.07, 6.45) is 4.17. The molecular formula is C12H19ClN2O2. The molecule has 0 atom stereocenters. The van der Waals surface area contributed by atoms with Crippen molar-refractivity contribution in [2.24, 2.45) is 5.73 Å². The number of rotatable bonds is 3. The lowest BCUT2D eigenvalue weighted by atomic mass is 10.1. The predicted molar refractivity (Wildman–Crippen MR) is 68.7 cm³/mol. The third-order valence-corrected chi connectivity index (χ3v) is 3.15. The van der Waals surface area contributed by atoms with Gasteiger partial charge < -0.3 is 15.0 Å². The van der Waals surface area contributed by atoms with Crippen LogP contribution in [0.3, 0.4) is 0 Å². The number of aryl methyl sites for hydroxylation is 1. The summed E-state index contributed by atoms with van der Waals surface area (Å²) < 4.78 is 7.05. The fraction of sp³-hybridized carbons (Fsp3) is 0.583. The summed E-state index contributed by atoms with van der Waals surface area (Å²) in [5, 5.41) is 0. The highest BCUT2D eigenvalue weighted by molar-refractivity contribution is 5.91. The summed E-state index contributed by atoms with van der Waals surface area (Å²) >= 11 is 0. The van der Waals surface area contributed by atoms with Gasteiger partial charge in [-0.2, -0.15) is 0 Å². The smallest absolute Gasteiger partial charge is 0.339 e. The maximum absolute atomic E-state index is 11.7. The number of fused-ring (bicyclic) bond motifs is 1. The van der Waals surface area contributed by atoms with Gasteiger partial charge in [-0.3, -0.25) is 0 Å². The van der Waals surface area contributed by atoms with Crippen molar-refractivity contribution in [3.8, 4) is 0 Å². The van der Waals surface area contributed by atoms with Gasteiger partial charge in [0.1, 0.15) is 0 Å². The Bertz CT molecular complexity index is 401. The monoisotopic (exact) mass is 258 g/mol. The van der Waals surface area contributed by atoms with E-state index in [2.05, 4.69) is 4.57 Å². The zero-order chi connectivity index (χ0) is 11.5. The van der Waals surface area contributed by atoms with E-state index in [1.807, 2.05) is 6.07 Å². The van der Waals surface area contributed by atoms with Crippen molar-refractivity contribution in [3.63, 3.8) is 0 Å². The van der Waals surface area contributed by atoms with E-state index in [1.165, 1.54) is 25.6 Å². The first-order valence-electron chi connectivity index (χ1n) is 5.77. The maximum atomic E-state index is 11.7. The molecule has 0 unspecified atom stereocenters. The number of aromatic nitrogens is 1. The molecule has 2 heterocycles. The minimum Gasteiger partial charge on any atom is -0.465 e. The number of nitrogens with two attached hydrogens (primary N) is 1. The molecule has 1 aromatic rings. The number of esters is 1. The normalized spacial score (nSPS) is 13.8. The second kappa shape index (κ2) is 6.07. The van der Waals surface area contributed by atoms with Crippen molar-refractivity contribution in [1.82, 2.24) is 4.57 Å². The molecule has 1 aromatic heterocycles. The largest absolute Gasteiger partial charge is 0.465 e. The number of carbonyl (C=O) groups is 1. The lowest BCUT2D eigenvalue weighted by Gasteiger charge is -2.17. The number of ether oxygens (including phenoxy) is 1. The lowest BCUT2D eigenvalue weighted by molar-refractivity contribution is 0.0599. The van der Waals surface area contributed by atoms with Gasteiger partial charge in [0.25, 0.3) is 0 Å². The highest BCUT2D eigenvalue weighted by atomic mass is 35.5. The van der Waals surface area contributed by atoms with Gasteiger partial charge in [0.2, 0.25) is 0 Å². The third-order valence-electron chi connectivity index (χ3n) is 3.15. The molecule has 0 amide bonds. The van der Waals surface area contributed by atoms with Gasteiger partial charge in [0.15, 0.2) is 0 Å². The summed E-state index contributed by atoms with van der Waals surface area (Å²) in [7, 11) is 1.42. The first kappa shape index (κ1) is 14.1. The van der Waals surface area contributed by atoms with Crippen LogP contribution >= 0.6 is 12.4 Å². The van der Waals surface area contributed by atoms with Gasteiger partial charge >= 0.3 is 5.97 Å². The predicted octanol–water partition coefficient (Wildman–Crippen LogP) is 1.53. The molecule has 5 heteroatoms. The molecule has 2 N–H and O–H groups in total. The van der Waals surface area contributed by atoms with Crippen LogP contribution in [0.25, 0.3) is 0 Å². The van der Waals surface area contributed by atoms with Crippen LogP contribution in [-0.2, 0) is 24.1 Å². The van der Waals surface area contributed by atoms with Crippen molar-refractivity contribution >= 4 is 18.4 Å². The number of halogens is 1. The Balaban J connectivity index is 0.00000144. The molecule has 0 fully saturated rings. The van der Waals surface area contributed by atoms with Gasteiger partial charge in [0.05, 0.1) is 12.7 Å². The molecule has 0 spiro atoms. The van der Waals surface area contributed by atoms with Crippen molar-refractivity contribution in [2.45, 2.75) is 32.2 Å². The average Bonchev–Trinajstić information content (AvgIpc) is 2.68. The van der Waals surface area contributed by atoms with E-state index in [1.54, 1.807) is 0 Å². The SMILES string of the molecule is COC(=O)c1cc2n(c1CCN)CCCC2.Cl. The van der Waals surface area contributed by atoms with Crippen LogP contribution < -0.4 is 5.73 Å². The molecule has 0 saturated heterocycles. The molecule has 4 nitrogen and oxygen atoms in total. The van der Waals surface area contributed by atoms with E-state index in [4.69, 9.17) is 10.5 Å². The molecule has 0 bridgehead atoms. The Hall–Kier alpha value is -1.00. The van der Waals surface area contributed by atoms with E-state index in [0.717, 1.165) is 25.1 Å². The zero-order valence-electron chi connectivity index (χ0n) is 10.1. The van der Waals surface area contributed by atoms with E-state index in [9.17, 15) is 4.79 Å². The van der Waals surface area contributed by atoms with E-state index in [-0.39, 0.29) is 18.4 Å². The van der Waals surface area contributed by atoms with Crippen LogP contribution in [0.2, 0.25) is 0 Å². The zero-order valence-corrected chi connectivity index (χ0v) is 10.9. The van der Waals surface area contributed by atoms with Crippen molar-refractivity contribution < 1.29 is 9.53 Å². The lowest BCUT2D eigenvalue weighted by Crippen LogP contribution is -2.16. The summed E-state index contributed by atoms with van der Waals surface area (Å²) in [4.78, 5) is 11.7. The first-order chi connectivity index (χ1) is 7.77. The summed E-state index contributed by atoms with van der Waals surface area (Å²) in [6.45, 7) is 1.56. The number of hydrogen-bond donors (Lipinski definition) is 1. The Kier molecular flexibility index (Phi) is 5.02. The van der Waals surface area contributed by atoms with E-state index >= 15 is 0 Å². The molecular weight excluding hydrogens is 240 g/mol. The van der Waals surface area contributed by atoms with Gasteiger partial charge in [0, 0.05) is 24.4 Å². The average molecular weight is 259 g/mol. The van der Waals surface area contributed by atoms with Crippen LogP contribution in [0.4, 0.5) is 0 Å². The minimum absolute atomic E-state index is 0. The van der Waals surface area contributed by atoms with Gasteiger partial charge in [-0.15, -0.1) is 12.4 Å². The van der Waals surface area contributed by atoms with Crippen LogP contribution in [0.1, 0.15) is 34.6 Å². The standard InChI is InChI=1S/C12H18N2O2.ClH/c1-16-12(15)10-8-9-4-2-3-7-14(9)11(10)5-6-13;/h8H,2-7,13H2,1H3;1H. The topological polar surface area (TPSA) is 57.2 Å². The molecule has 17 heavy (non-hydrogen) atoms. The second-order valence-corrected chi connectivity index (χ2v) is 4.14. The molecule has 96 valence electrons. The molecule has 2 rings (SSSR count). The van der Waals surface area contributed by atoms with E-state index in [0.29, 0.717) is 12.1 Å². The molecule has 0 radical (unpaired) electrons. The fourth-order valence-electron chi connectivity index (χ4n) is 2.40. The van der Waals surface area contributed by atoms with Crippen LogP contribution in [0.15, 0.2) is 6.07 Å². The molecule has 1 aliphatic heterocycles. The Morgan fingerprint density at radius 1 is 1.53 bits per heavy atom. The third kappa shape index (κ3) is 2.64. The quantitative estimate of drug-likeness (QED) is 0.837. The number of carbonyl (C=O) groups excluding carboxylic acids is 1. The molecule has 1 aliphatic rings. The van der Waals surface area contributed by atoms with Gasteiger partial charge in [-0.1, -0.05) is 0 Å². The van der Waals surface area contributed by atoms with Gasteiger partial charge in [-0.25, -0.2) is 4.79 Å². The van der Waals surface area contributed by atoms with Crippen LogP contribution in [0.5, 0.6) is 0 Å². The summed E-state index contributed by atoms with van der Waals surface area (Å²) in [6, 6.07) is 1.97. The van der Waals surface area contributed by atoms with E-state index < -0.39 is 0 Å². The molecule has 0 aromatic carbocycles. The fourth-order valence-corrected chi connectivity index (χ4v) is 2.40. The number of hydrogen-bond acceptors (Lipinski definition) is 3. The summed E-state index contributed by atoms with van der Waals surface area (Å²) in [5.74, 6) is -0.245. The highest BCUT2D eigenvalue weighted by Gasteiger charge is 2.21. The number of nitrogens with zero attached hydrogens (tertiary/aromatic N) is 1. The number of methoxy groups -OCH3 is 1. The Morgan fingerprint density at radius 3 is 2.94 bits per heavy atom. The molecule has 0 saturated carbocycles. The van der Waals surface area contributed by atoms with Crippen LogP contribution in [-0.4, -0.2) is 24.2 Å². The summed E-state index contributed by atoms with van der Waals surface area (Å²) in [5.41, 5.74) is 8.59.